The first kappa shape index (κ1) is 34.9. The third-order valence-electron chi connectivity index (χ3n) is 9.57. The van der Waals surface area contributed by atoms with Crippen molar-refractivity contribution in [1.82, 2.24) is 0 Å². The van der Waals surface area contributed by atoms with Gasteiger partial charge in [-0.05, 0) is 61.4 Å². The number of ether oxygens (including phenoxy) is 6. The lowest BCUT2D eigenvalue weighted by molar-refractivity contribution is -0.254. The van der Waals surface area contributed by atoms with Crippen LogP contribution in [0.15, 0.2) is 36.4 Å². The van der Waals surface area contributed by atoms with Crippen LogP contribution in [0.5, 0.6) is 34.5 Å². The Hall–Kier alpha value is -4.56. The van der Waals surface area contributed by atoms with E-state index in [-0.39, 0.29) is 32.0 Å². The van der Waals surface area contributed by atoms with Crippen molar-refractivity contribution in [2.75, 3.05) is 42.7 Å². The van der Waals surface area contributed by atoms with Crippen molar-refractivity contribution in [3.05, 3.63) is 57.3 Å². The van der Waals surface area contributed by atoms with Gasteiger partial charge in [0.25, 0.3) is 0 Å². The number of hydrogen-bond donors (Lipinski definition) is 0. The van der Waals surface area contributed by atoms with Crippen LogP contribution in [0, 0.1) is 13.8 Å². The van der Waals surface area contributed by atoms with E-state index < -0.39 is 38.7 Å². The van der Waals surface area contributed by atoms with Crippen LogP contribution in [0.4, 0.5) is 26.3 Å². The molecule has 0 atom stereocenters. The van der Waals surface area contributed by atoms with Crippen molar-refractivity contribution in [3.63, 3.8) is 0 Å². The number of alkyl halides is 6. The summed E-state index contributed by atoms with van der Waals surface area (Å²) in [5, 5.41) is 2.45. The van der Waals surface area contributed by atoms with Gasteiger partial charge in [0.15, 0.2) is 0 Å². The number of benzene rings is 4. The van der Waals surface area contributed by atoms with Crippen molar-refractivity contribution in [2.24, 2.45) is 0 Å². The van der Waals surface area contributed by atoms with Gasteiger partial charge < -0.3 is 28.4 Å². The van der Waals surface area contributed by atoms with Gasteiger partial charge in [-0.25, -0.2) is 0 Å². The van der Waals surface area contributed by atoms with E-state index in [4.69, 9.17) is 28.4 Å². The van der Waals surface area contributed by atoms with Crippen molar-refractivity contribution < 1.29 is 54.8 Å². The average molecular weight is 749 g/mol. The van der Waals surface area contributed by atoms with Crippen LogP contribution in [-0.2, 0) is 0 Å². The maximum atomic E-state index is 16.4. The largest absolute Gasteiger partial charge is 0.496 e. The predicted octanol–water partition coefficient (Wildman–Crippen LogP) is 10.9. The lowest BCUT2D eigenvalue weighted by atomic mass is 9.95. The summed E-state index contributed by atoms with van der Waals surface area (Å²) in [5.41, 5.74) is -2.79. The second-order valence-electron chi connectivity index (χ2n) is 11.9. The molecule has 1 aliphatic rings. The third-order valence-corrected chi connectivity index (χ3v) is 12.2. The molecule has 0 amide bonds. The third kappa shape index (κ3) is 4.41. The maximum absolute atomic E-state index is 16.4. The fraction of sp³-hybridized carbons (Fsp3) is 0.297. The SMILES string of the molecule is COc1ccc(OC)c2c1cc(OC)c1sc(C3=C(c4sc5c(OC)cc6c(OC)ccc(OC)c6c5c4C)C(F)(F)C(F)(F)C3(F)F)c(C)c12. The number of halogens is 6. The van der Waals surface area contributed by atoms with Gasteiger partial charge in [0.05, 0.1) is 63.2 Å². The number of fused-ring (bicyclic) bond motifs is 6. The molecule has 0 saturated heterocycles. The summed E-state index contributed by atoms with van der Waals surface area (Å²) in [4.78, 5) is -0.879. The highest BCUT2D eigenvalue weighted by atomic mass is 32.1. The van der Waals surface area contributed by atoms with Gasteiger partial charge in [-0.2, -0.15) is 26.3 Å². The number of allylic oxidation sites excluding steroid dienone is 2. The number of aryl methyl sites for hydroxylation is 2. The van der Waals surface area contributed by atoms with Crippen LogP contribution >= 0.6 is 22.7 Å². The summed E-state index contributed by atoms with van der Waals surface area (Å²) in [7, 11) is 8.45. The van der Waals surface area contributed by atoms with E-state index in [0.717, 1.165) is 0 Å². The van der Waals surface area contributed by atoms with E-state index in [1.807, 2.05) is 0 Å². The van der Waals surface area contributed by atoms with Gasteiger partial charge in [-0.15, -0.1) is 22.7 Å². The molecule has 1 aliphatic carbocycles. The number of hydrogen-bond acceptors (Lipinski definition) is 8. The Morgan fingerprint density at radius 1 is 0.451 bits per heavy atom. The Balaban J connectivity index is 1.68. The Kier molecular flexibility index (Phi) is 8.02. The van der Waals surface area contributed by atoms with E-state index in [0.29, 0.717) is 78.0 Å². The second-order valence-corrected chi connectivity index (χ2v) is 14.0. The monoisotopic (exact) mass is 748 g/mol. The van der Waals surface area contributed by atoms with Crippen molar-refractivity contribution in [2.45, 2.75) is 31.6 Å². The van der Waals surface area contributed by atoms with Crippen molar-refractivity contribution in [1.29, 1.82) is 0 Å². The number of methoxy groups -OCH3 is 6. The zero-order valence-corrected chi connectivity index (χ0v) is 30.1. The number of thiophene rings is 2. The van der Waals surface area contributed by atoms with Crippen LogP contribution in [0.3, 0.4) is 0 Å². The maximum Gasteiger partial charge on any atom is 0.380 e. The highest BCUT2D eigenvalue weighted by Crippen LogP contribution is 2.68. The van der Waals surface area contributed by atoms with Crippen LogP contribution in [0.1, 0.15) is 20.9 Å². The van der Waals surface area contributed by atoms with Gasteiger partial charge in [-0.3, -0.25) is 0 Å². The molecule has 2 heterocycles. The summed E-state index contributed by atoms with van der Waals surface area (Å²) in [6.45, 7) is 2.87. The quantitative estimate of drug-likeness (QED) is 0.145. The predicted molar refractivity (Wildman–Crippen MR) is 189 cm³/mol. The van der Waals surface area contributed by atoms with Crippen LogP contribution in [0.2, 0.25) is 0 Å². The summed E-state index contributed by atoms with van der Waals surface area (Å²) >= 11 is 1.35. The number of rotatable bonds is 8. The minimum absolute atomic E-state index is 0.0688. The summed E-state index contributed by atoms with van der Waals surface area (Å²) < 4.78 is 131. The molecule has 7 rings (SSSR count). The second kappa shape index (κ2) is 11.7. The highest BCUT2D eigenvalue weighted by molar-refractivity contribution is 7.22. The first-order valence-corrected chi connectivity index (χ1v) is 17.0. The van der Waals surface area contributed by atoms with Gasteiger partial charge in [-0.1, -0.05) is 0 Å². The molecule has 0 bridgehead atoms. The van der Waals surface area contributed by atoms with Gasteiger partial charge in [0.2, 0.25) is 0 Å². The molecule has 6 nitrogen and oxygen atoms in total. The molecule has 0 radical (unpaired) electrons. The van der Waals surface area contributed by atoms with E-state index in [1.165, 1.54) is 56.5 Å². The Labute approximate surface area is 295 Å². The van der Waals surface area contributed by atoms with Gasteiger partial charge in [0, 0.05) is 42.1 Å². The van der Waals surface area contributed by atoms with E-state index in [9.17, 15) is 0 Å². The molecular formula is C37H30F6O6S2. The summed E-state index contributed by atoms with van der Waals surface area (Å²) in [5.74, 6) is -14.5. The van der Waals surface area contributed by atoms with Crippen molar-refractivity contribution >= 4 is 75.5 Å². The molecule has 0 saturated carbocycles. The first-order chi connectivity index (χ1) is 24.2. The van der Waals surface area contributed by atoms with Crippen LogP contribution in [-0.4, -0.2) is 60.4 Å². The minimum atomic E-state index is -5.78. The zero-order valence-electron chi connectivity index (χ0n) is 28.5. The molecule has 2 aromatic heterocycles. The molecule has 0 spiro atoms. The van der Waals surface area contributed by atoms with E-state index >= 15 is 26.3 Å². The molecule has 4 aromatic carbocycles. The molecule has 0 N–H and O–H groups in total. The molecule has 0 fully saturated rings. The fourth-order valence-corrected chi connectivity index (χ4v) is 9.93. The molecule has 0 aliphatic heterocycles. The van der Waals surface area contributed by atoms with Crippen LogP contribution < -0.4 is 28.4 Å². The zero-order chi connectivity index (χ0) is 36.9. The molecule has 6 aromatic rings. The Morgan fingerprint density at radius 2 is 0.765 bits per heavy atom. The van der Waals surface area contributed by atoms with Gasteiger partial charge >= 0.3 is 17.8 Å². The summed E-state index contributed by atoms with van der Waals surface area (Å²) in [6, 6.07) is 9.74. The van der Waals surface area contributed by atoms with E-state index in [1.54, 1.807) is 36.4 Å². The molecule has 268 valence electrons. The van der Waals surface area contributed by atoms with Crippen LogP contribution in [0.25, 0.3) is 52.9 Å². The molecule has 0 unspecified atom stereocenters. The first-order valence-electron chi connectivity index (χ1n) is 15.4. The fourth-order valence-electron chi connectivity index (χ4n) is 7.15. The van der Waals surface area contributed by atoms with Gasteiger partial charge in [0.1, 0.15) is 34.5 Å². The minimum Gasteiger partial charge on any atom is -0.496 e. The Morgan fingerprint density at radius 3 is 1.08 bits per heavy atom. The summed E-state index contributed by atoms with van der Waals surface area (Å²) in [6.07, 6.45) is 0. The highest BCUT2D eigenvalue weighted by Gasteiger charge is 2.80. The lowest BCUT2D eigenvalue weighted by Crippen LogP contribution is -2.48. The normalized spacial score (nSPS) is 16.4. The smallest absolute Gasteiger partial charge is 0.380 e. The average Bonchev–Trinajstić information content (AvgIpc) is 3.67. The lowest BCUT2D eigenvalue weighted by Gasteiger charge is -2.25. The Bertz CT molecular complexity index is 2300. The standard InChI is InChI=1S/C37H30F6O6S2/c1-15-25-27-17(19(44-3)9-11-21(27)46-5)13-23(48-7)33(25)50-31(15)29-30(36(40,41)37(42,43)35(29,38)39)32-16(2)26-28-18(14-24(49-8)34(26)51-32)20(45-4)10-12-22(28)47-6/h9-14H,1-8H3. The topological polar surface area (TPSA) is 55.4 Å². The molecular weight excluding hydrogens is 719 g/mol. The van der Waals surface area contributed by atoms with E-state index in [2.05, 4.69) is 0 Å². The van der Waals surface area contributed by atoms with Crippen molar-refractivity contribution in [3.8, 4) is 34.5 Å². The molecule has 51 heavy (non-hydrogen) atoms. The molecule has 14 heteroatoms.